The van der Waals surface area contributed by atoms with Gasteiger partial charge in [0.25, 0.3) is 0 Å². The summed E-state index contributed by atoms with van der Waals surface area (Å²) in [4.78, 5) is 0. The summed E-state index contributed by atoms with van der Waals surface area (Å²) in [6.45, 7) is 2.83. The molecule has 0 N–H and O–H groups in total. The average Bonchev–Trinajstić information content (AvgIpc) is 2.52. The third kappa shape index (κ3) is 4.74. The van der Waals surface area contributed by atoms with Crippen molar-refractivity contribution >= 4 is 0 Å². The maximum absolute atomic E-state index is 13.7. The quantitative estimate of drug-likeness (QED) is 0.732. The highest BCUT2D eigenvalue weighted by Gasteiger charge is 2.21. The molecule has 2 nitrogen and oxygen atoms in total. The monoisotopic (exact) mass is 289 g/mol. The minimum absolute atomic E-state index is 0.266. The lowest BCUT2D eigenvalue weighted by atomic mass is 9.80. The van der Waals surface area contributed by atoms with Crippen molar-refractivity contribution in [2.45, 2.75) is 51.9 Å². The van der Waals surface area contributed by atoms with Gasteiger partial charge in [-0.1, -0.05) is 39.0 Å². The Morgan fingerprint density at radius 3 is 2.57 bits per heavy atom. The Balaban J connectivity index is 1.76. The number of rotatable bonds is 6. The smallest absolute Gasteiger partial charge is 0.166 e. The van der Waals surface area contributed by atoms with Crippen LogP contribution >= 0.6 is 0 Å². The van der Waals surface area contributed by atoms with Gasteiger partial charge in [-0.05, 0) is 42.9 Å². The van der Waals surface area contributed by atoms with Gasteiger partial charge in [0, 0.05) is 0 Å². The van der Waals surface area contributed by atoms with Gasteiger partial charge in [0.2, 0.25) is 0 Å². The van der Waals surface area contributed by atoms with Gasteiger partial charge in [-0.2, -0.15) is 5.26 Å². The lowest BCUT2D eigenvalue weighted by Crippen LogP contribution is -2.20. The Morgan fingerprint density at radius 1 is 1.24 bits per heavy atom. The van der Waals surface area contributed by atoms with Crippen molar-refractivity contribution in [3.63, 3.8) is 0 Å². The van der Waals surface area contributed by atoms with Crippen LogP contribution in [0.25, 0.3) is 0 Å². The number of nitrogens with zero attached hydrogens (tertiary/aromatic N) is 1. The second kappa shape index (κ2) is 8.02. The zero-order valence-corrected chi connectivity index (χ0v) is 12.8. The molecule has 114 valence electrons. The molecule has 1 aromatic carbocycles. The fraction of sp³-hybridized carbons (Fsp3) is 0.611. The molecule has 0 saturated heterocycles. The molecule has 2 rings (SSSR count). The Labute approximate surface area is 126 Å². The van der Waals surface area contributed by atoms with Crippen LogP contribution in [0.1, 0.15) is 57.4 Å². The molecule has 0 heterocycles. The molecular formula is C18H24FNO. The average molecular weight is 289 g/mol. The number of nitriles is 1. The van der Waals surface area contributed by atoms with Crippen LogP contribution < -0.4 is 4.74 Å². The normalized spacial score (nSPS) is 21.8. The predicted octanol–water partition coefficient (Wildman–Crippen LogP) is 5.07. The van der Waals surface area contributed by atoms with Crippen molar-refractivity contribution in [1.82, 2.24) is 0 Å². The van der Waals surface area contributed by atoms with Crippen molar-refractivity contribution in [3.05, 3.63) is 29.6 Å². The van der Waals surface area contributed by atoms with Gasteiger partial charge in [-0.3, -0.25) is 0 Å². The maximum Gasteiger partial charge on any atom is 0.166 e. The van der Waals surface area contributed by atoms with Gasteiger partial charge >= 0.3 is 0 Å². The summed E-state index contributed by atoms with van der Waals surface area (Å²) in [5.74, 6) is 1.25. The van der Waals surface area contributed by atoms with Crippen molar-refractivity contribution in [3.8, 4) is 11.8 Å². The topological polar surface area (TPSA) is 33.0 Å². The standard InChI is InChI=1S/C18H24FNO/c1-2-3-4-14-5-7-15(8-6-14)13-21-18-10-9-16(12-20)11-17(18)19/h9-11,14-15H,2-8,13H2,1H3/t14-,15-. The molecular weight excluding hydrogens is 265 g/mol. The second-order valence-corrected chi connectivity index (χ2v) is 6.10. The molecule has 0 bridgehead atoms. The van der Waals surface area contributed by atoms with Crippen LogP contribution in [-0.4, -0.2) is 6.61 Å². The van der Waals surface area contributed by atoms with E-state index in [1.165, 1.54) is 51.0 Å². The first-order valence-corrected chi connectivity index (χ1v) is 8.05. The largest absolute Gasteiger partial charge is 0.490 e. The maximum atomic E-state index is 13.7. The minimum Gasteiger partial charge on any atom is -0.490 e. The fourth-order valence-electron chi connectivity index (χ4n) is 3.07. The van der Waals surface area contributed by atoms with Gasteiger partial charge in [0.1, 0.15) is 0 Å². The molecule has 0 spiro atoms. The number of hydrogen-bond acceptors (Lipinski definition) is 2. The van der Waals surface area contributed by atoms with E-state index in [9.17, 15) is 4.39 Å². The second-order valence-electron chi connectivity index (χ2n) is 6.10. The number of unbranched alkanes of at least 4 members (excludes halogenated alkanes) is 1. The molecule has 0 aromatic heterocycles. The molecule has 3 heteroatoms. The molecule has 1 aliphatic rings. The zero-order chi connectivity index (χ0) is 15.1. The van der Waals surface area contributed by atoms with Crippen molar-refractivity contribution in [2.24, 2.45) is 11.8 Å². The summed E-state index contributed by atoms with van der Waals surface area (Å²) in [7, 11) is 0. The van der Waals surface area contributed by atoms with Crippen LogP contribution in [0.5, 0.6) is 5.75 Å². The molecule has 0 atom stereocenters. The molecule has 0 aliphatic heterocycles. The predicted molar refractivity (Wildman–Crippen MR) is 81.6 cm³/mol. The van der Waals surface area contributed by atoms with Crippen LogP contribution in [0, 0.1) is 29.0 Å². The van der Waals surface area contributed by atoms with Crippen molar-refractivity contribution in [2.75, 3.05) is 6.61 Å². The highest BCUT2D eigenvalue weighted by atomic mass is 19.1. The summed E-state index contributed by atoms with van der Waals surface area (Å²) >= 11 is 0. The van der Waals surface area contributed by atoms with Gasteiger partial charge in [0.15, 0.2) is 11.6 Å². The first-order valence-electron chi connectivity index (χ1n) is 8.05. The van der Waals surface area contributed by atoms with E-state index in [0.717, 1.165) is 5.92 Å². The van der Waals surface area contributed by atoms with Crippen molar-refractivity contribution in [1.29, 1.82) is 5.26 Å². The van der Waals surface area contributed by atoms with Gasteiger partial charge in [-0.25, -0.2) is 4.39 Å². The molecule has 0 unspecified atom stereocenters. The fourth-order valence-corrected chi connectivity index (χ4v) is 3.07. The van der Waals surface area contributed by atoms with E-state index in [0.29, 0.717) is 18.1 Å². The van der Waals surface area contributed by atoms with Crippen molar-refractivity contribution < 1.29 is 9.13 Å². The van der Waals surface area contributed by atoms with Crippen LogP contribution in [-0.2, 0) is 0 Å². The highest BCUT2D eigenvalue weighted by Crippen LogP contribution is 2.32. The zero-order valence-electron chi connectivity index (χ0n) is 12.8. The Kier molecular flexibility index (Phi) is 6.04. The molecule has 1 fully saturated rings. The van der Waals surface area contributed by atoms with E-state index in [1.54, 1.807) is 12.1 Å². The summed E-state index contributed by atoms with van der Waals surface area (Å²) in [5, 5.41) is 8.72. The Hall–Kier alpha value is -1.56. The number of hydrogen-bond donors (Lipinski definition) is 0. The first-order chi connectivity index (χ1) is 10.2. The minimum atomic E-state index is -0.439. The van der Waals surface area contributed by atoms with E-state index in [2.05, 4.69) is 6.92 Å². The van der Waals surface area contributed by atoms with Crippen LogP contribution in [0.15, 0.2) is 18.2 Å². The summed E-state index contributed by atoms with van der Waals surface area (Å²) in [5.41, 5.74) is 0.330. The summed E-state index contributed by atoms with van der Waals surface area (Å²) in [6, 6.07) is 6.31. The molecule has 1 aliphatic carbocycles. The first kappa shape index (κ1) is 15.8. The summed E-state index contributed by atoms with van der Waals surface area (Å²) in [6.07, 6.45) is 8.91. The van der Waals surface area contributed by atoms with E-state index in [1.807, 2.05) is 6.07 Å². The van der Waals surface area contributed by atoms with E-state index in [-0.39, 0.29) is 5.75 Å². The lowest BCUT2D eigenvalue weighted by Gasteiger charge is -2.28. The van der Waals surface area contributed by atoms with E-state index >= 15 is 0 Å². The third-order valence-electron chi connectivity index (χ3n) is 4.47. The lowest BCUT2D eigenvalue weighted by molar-refractivity contribution is 0.174. The molecule has 1 saturated carbocycles. The van der Waals surface area contributed by atoms with Gasteiger partial charge in [0.05, 0.1) is 18.2 Å². The van der Waals surface area contributed by atoms with E-state index in [4.69, 9.17) is 10.00 Å². The Morgan fingerprint density at radius 2 is 1.95 bits per heavy atom. The van der Waals surface area contributed by atoms with Gasteiger partial charge < -0.3 is 4.74 Å². The van der Waals surface area contributed by atoms with Gasteiger partial charge in [-0.15, -0.1) is 0 Å². The van der Waals surface area contributed by atoms with Crippen LogP contribution in [0.3, 0.4) is 0 Å². The molecule has 1 aromatic rings. The van der Waals surface area contributed by atoms with Crippen LogP contribution in [0.4, 0.5) is 4.39 Å². The third-order valence-corrected chi connectivity index (χ3v) is 4.47. The summed E-state index contributed by atoms with van der Waals surface area (Å²) < 4.78 is 19.3. The number of benzene rings is 1. The number of halogens is 1. The highest BCUT2D eigenvalue weighted by molar-refractivity contribution is 5.35. The van der Waals surface area contributed by atoms with Crippen LogP contribution in [0.2, 0.25) is 0 Å². The SMILES string of the molecule is CCCC[C@H]1CC[C@H](COc2ccc(C#N)cc2F)CC1. The Bertz CT molecular complexity index is 486. The van der Waals surface area contributed by atoms with E-state index < -0.39 is 5.82 Å². The molecule has 0 radical (unpaired) electrons. The number of ether oxygens (including phenoxy) is 1. The molecule has 0 amide bonds. The molecule has 21 heavy (non-hydrogen) atoms.